The number of carboxylic acid groups (broad SMARTS) is 1. The molecule has 70 valence electrons. The van der Waals surface area contributed by atoms with Crippen molar-refractivity contribution in [1.82, 2.24) is 0 Å². The minimum absolute atomic E-state index is 0. The molecule has 0 rings (SSSR count). The largest absolute Gasteiger partial charge is 0.472 e. The molecule has 0 heterocycles. The van der Waals surface area contributed by atoms with Crippen LogP contribution >= 0.6 is 0 Å². The average Bonchev–Trinajstić information content (AvgIpc) is 2.02. The van der Waals surface area contributed by atoms with Gasteiger partial charge in [-0.25, -0.2) is 9.59 Å². The lowest BCUT2D eigenvalue weighted by atomic mass is 10.4. The maximum atomic E-state index is 10.6. The highest BCUT2D eigenvalue weighted by Crippen LogP contribution is 1.90. The number of carboxylic acids is 1. The normalized spacial score (nSPS) is 10.5. The first kappa shape index (κ1) is 10.3. The van der Waals surface area contributed by atoms with Gasteiger partial charge in [0.2, 0.25) is 6.10 Å². The third-order valence-corrected chi connectivity index (χ3v) is 0.927. The number of hydrogen-bond acceptors (Lipinski definition) is 4. The molecular formula is C7H12O5. The van der Waals surface area contributed by atoms with Crippen molar-refractivity contribution in [1.29, 1.82) is 0 Å². The molecule has 1 N–H and O–H groups in total. The van der Waals surface area contributed by atoms with E-state index in [1.807, 2.05) is 6.11 Å². The quantitative estimate of drug-likeness (QED) is 0.477. The molecule has 0 aromatic carbocycles. The van der Waals surface area contributed by atoms with Crippen LogP contribution in [-0.2, 0) is 19.1 Å². The topological polar surface area (TPSA) is 72.8 Å². The van der Waals surface area contributed by atoms with Crippen LogP contribution in [-0.4, -0.2) is 30.3 Å². The van der Waals surface area contributed by atoms with Gasteiger partial charge in [0.25, 0.3) is 0 Å². The molecule has 0 fully saturated rings. The SMILES string of the molecule is COC(=O)C(C)OC#CC(=O)O.[HH].[HH]. The van der Waals surface area contributed by atoms with E-state index in [4.69, 9.17) is 5.11 Å². The summed E-state index contributed by atoms with van der Waals surface area (Å²) in [6, 6.07) is 0. The maximum absolute atomic E-state index is 10.6. The fraction of sp³-hybridized carbons (Fsp3) is 0.429. The number of carbonyl (C=O) groups excluding carboxylic acids is 1. The van der Waals surface area contributed by atoms with Gasteiger partial charge in [-0.3, -0.25) is 0 Å². The molecule has 0 aromatic heterocycles. The second-order valence-electron chi connectivity index (χ2n) is 1.82. The Labute approximate surface area is 72.2 Å². The smallest absolute Gasteiger partial charge is 0.385 e. The summed E-state index contributed by atoms with van der Waals surface area (Å²) < 4.78 is 8.78. The molecule has 5 heteroatoms. The van der Waals surface area contributed by atoms with E-state index in [9.17, 15) is 9.59 Å². The van der Waals surface area contributed by atoms with Gasteiger partial charge in [0.15, 0.2) is 0 Å². The molecule has 0 saturated heterocycles. The zero-order valence-electron chi connectivity index (χ0n) is 6.66. The zero-order chi connectivity index (χ0) is 9.56. The summed E-state index contributed by atoms with van der Waals surface area (Å²) in [6.07, 6.45) is 0.976. The van der Waals surface area contributed by atoms with Crippen LogP contribution in [0.25, 0.3) is 0 Å². The second-order valence-corrected chi connectivity index (χ2v) is 1.82. The highest BCUT2D eigenvalue weighted by molar-refractivity contribution is 5.86. The van der Waals surface area contributed by atoms with E-state index in [2.05, 4.69) is 9.47 Å². The molecule has 0 aliphatic rings. The van der Waals surface area contributed by atoms with Crippen LogP contribution in [0.1, 0.15) is 9.78 Å². The van der Waals surface area contributed by atoms with Crippen molar-refractivity contribution in [2.45, 2.75) is 13.0 Å². The number of ether oxygens (including phenoxy) is 2. The molecule has 0 aromatic rings. The summed E-state index contributed by atoms with van der Waals surface area (Å²) in [4.78, 5) is 20.5. The maximum Gasteiger partial charge on any atom is 0.385 e. The third kappa shape index (κ3) is 4.17. The van der Waals surface area contributed by atoms with Gasteiger partial charge in [-0.15, -0.1) is 0 Å². The Morgan fingerprint density at radius 1 is 1.58 bits per heavy atom. The van der Waals surface area contributed by atoms with Crippen LogP contribution in [0.2, 0.25) is 0 Å². The van der Waals surface area contributed by atoms with Crippen LogP contribution in [0.5, 0.6) is 0 Å². The van der Waals surface area contributed by atoms with Crippen molar-refractivity contribution in [3.05, 3.63) is 0 Å². The van der Waals surface area contributed by atoms with Crippen LogP contribution in [0.3, 0.4) is 0 Å². The van der Waals surface area contributed by atoms with Crippen molar-refractivity contribution in [3.63, 3.8) is 0 Å². The van der Waals surface area contributed by atoms with Crippen molar-refractivity contribution >= 4 is 11.9 Å². The number of rotatable bonds is 2. The molecule has 0 radical (unpaired) electrons. The van der Waals surface area contributed by atoms with Crippen LogP contribution in [0, 0.1) is 12.0 Å². The van der Waals surface area contributed by atoms with Gasteiger partial charge in [0.05, 0.1) is 13.0 Å². The molecular weight excluding hydrogens is 164 g/mol. The first-order valence-electron chi connectivity index (χ1n) is 3.05. The van der Waals surface area contributed by atoms with Crippen LogP contribution in [0.15, 0.2) is 0 Å². The Bertz CT molecular complexity index is 242. The van der Waals surface area contributed by atoms with E-state index < -0.39 is 18.0 Å². The first-order valence-corrected chi connectivity index (χ1v) is 3.05. The van der Waals surface area contributed by atoms with Crippen molar-refractivity contribution < 1.29 is 27.0 Å². The fourth-order valence-electron chi connectivity index (χ4n) is 0.376. The summed E-state index contributed by atoms with van der Waals surface area (Å²) in [7, 11) is 1.20. The highest BCUT2D eigenvalue weighted by atomic mass is 16.6. The van der Waals surface area contributed by atoms with Gasteiger partial charge in [-0.2, -0.15) is 0 Å². The molecule has 0 amide bonds. The molecule has 0 spiro atoms. The molecule has 12 heavy (non-hydrogen) atoms. The monoisotopic (exact) mass is 176 g/mol. The van der Waals surface area contributed by atoms with E-state index in [0.717, 1.165) is 0 Å². The van der Waals surface area contributed by atoms with Crippen LogP contribution < -0.4 is 0 Å². The van der Waals surface area contributed by atoms with Crippen molar-refractivity contribution in [2.75, 3.05) is 7.11 Å². The van der Waals surface area contributed by atoms with Gasteiger partial charge < -0.3 is 14.6 Å². The highest BCUT2D eigenvalue weighted by Gasteiger charge is 2.12. The number of aliphatic carboxylic acids is 1. The first-order chi connectivity index (χ1) is 5.57. The molecule has 0 bridgehead atoms. The fourth-order valence-corrected chi connectivity index (χ4v) is 0.376. The van der Waals surface area contributed by atoms with Crippen molar-refractivity contribution in [2.24, 2.45) is 0 Å². The Hall–Kier alpha value is -1.70. The standard InChI is InChI=1S/C7H8O5.2H2/c1-5(7(10)11-2)12-4-3-6(8)9;;/h5H,1-2H3,(H,8,9);2*1H. The van der Waals surface area contributed by atoms with E-state index in [0.29, 0.717) is 0 Å². The van der Waals surface area contributed by atoms with E-state index in [-0.39, 0.29) is 2.85 Å². The lowest BCUT2D eigenvalue weighted by Crippen LogP contribution is -2.20. The molecule has 0 aliphatic carbocycles. The number of carbonyl (C=O) groups is 2. The summed E-state index contributed by atoms with van der Waals surface area (Å²) in [6.45, 7) is 1.41. The summed E-state index contributed by atoms with van der Waals surface area (Å²) in [5.74, 6) is -0.223. The third-order valence-electron chi connectivity index (χ3n) is 0.927. The second kappa shape index (κ2) is 5.02. The van der Waals surface area contributed by atoms with E-state index in [1.165, 1.54) is 14.0 Å². The Balaban J connectivity index is -0.000000605. The molecule has 0 saturated carbocycles. The van der Waals surface area contributed by atoms with Gasteiger partial charge >= 0.3 is 11.9 Å². The minimum atomic E-state index is -1.31. The van der Waals surface area contributed by atoms with Gasteiger partial charge in [-0.1, -0.05) is 0 Å². The summed E-state index contributed by atoms with van der Waals surface area (Å²) in [5.41, 5.74) is 0. The Kier molecular flexibility index (Phi) is 4.31. The number of methoxy groups -OCH3 is 1. The number of hydrogen-bond donors (Lipinski definition) is 1. The lowest BCUT2D eigenvalue weighted by Gasteiger charge is -2.04. The molecule has 1 atom stereocenters. The zero-order valence-corrected chi connectivity index (χ0v) is 6.66. The van der Waals surface area contributed by atoms with Gasteiger partial charge in [-0.05, 0) is 6.92 Å². The predicted molar refractivity (Wildman–Crippen MR) is 42.2 cm³/mol. The Morgan fingerprint density at radius 3 is 2.58 bits per heavy atom. The Morgan fingerprint density at radius 2 is 2.17 bits per heavy atom. The predicted octanol–water partition coefficient (Wildman–Crippen LogP) is 0.102. The molecule has 1 unspecified atom stereocenters. The van der Waals surface area contributed by atoms with E-state index in [1.54, 1.807) is 5.92 Å². The summed E-state index contributed by atoms with van der Waals surface area (Å²) >= 11 is 0. The van der Waals surface area contributed by atoms with Gasteiger partial charge in [0.1, 0.15) is 6.11 Å². The molecule has 5 nitrogen and oxygen atoms in total. The molecule has 0 aliphatic heterocycles. The number of esters is 1. The van der Waals surface area contributed by atoms with E-state index >= 15 is 0 Å². The average molecular weight is 176 g/mol. The van der Waals surface area contributed by atoms with Crippen molar-refractivity contribution in [3.8, 4) is 12.0 Å². The lowest BCUT2D eigenvalue weighted by molar-refractivity contribution is -0.149. The summed E-state index contributed by atoms with van der Waals surface area (Å²) in [5, 5.41) is 8.05. The minimum Gasteiger partial charge on any atom is -0.472 e. The van der Waals surface area contributed by atoms with Crippen LogP contribution in [0.4, 0.5) is 0 Å². The van der Waals surface area contributed by atoms with Gasteiger partial charge in [0, 0.05) is 2.85 Å².